The summed E-state index contributed by atoms with van der Waals surface area (Å²) in [5.74, 6) is 0. The minimum absolute atomic E-state index is 0.104. The smallest absolute Gasteiger partial charge is 0.168 e. The first-order chi connectivity index (χ1) is 11.5. The summed E-state index contributed by atoms with van der Waals surface area (Å²) in [5, 5.41) is 17.6. The third-order valence-corrected chi connectivity index (χ3v) is 5.60. The van der Waals surface area contributed by atoms with Crippen LogP contribution >= 0.6 is 0 Å². The van der Waals surface area contributed by atoms with Gasteiger partial charge in [0.25, 0.3) is 0 Å². The van der Waals surface area contributed by atoms with E-state index in [1.165, 1.54) is 0 Å². The fourth-order valence-electron chi connectivity index (χ4n) is 3.92. The lowest BCUT2D eigenvalue weighted by Crippen LogP contribution is -2.59. The Balaban J connectivity index is 1.65. The van der Waals surface area contributed by atoms with E-state index in [1.54, 1.807) is 0 Å². The number of hydrogen-bond acceptors (Lipinski definition) is 6. The first-order valence-electron chi connectivity index (χ1n) is 8.49. The van der Waals surface area contributed by atoms with E-state index in [0.29, 0.717) is 12.3 Å². The molecule has 0 unspecified atom stereocenters. The summed E-state index contributed by atoms with van der Waals surface area (Å²) in [6.07, 6.45) is 5.62. The Hall–Kier alpha value is -2.10. The number of aryl methyl sites for hydroxylation is 2. The van der Waals surface area contributed by atoms with Gasteiger partial charge in [0.2, 0.25) is 0 Å². The van der Waals surface area contributed by atoms with Crippen LogP contribution < -0.4 is 5.73 Å². The van der Waals surface area contributed by atoms with Gasteiger partial charge in [0.05, 0.1) is 17.7 Å². The lowest BCUT2D eigenvalue weighted by molar-refractivity contribution is -0.156. The summed E-state index contributed by atoms with van der Waals surface area (Å²) in [6.45, 7) is 2.59. The molecule has 124 valence electrons. The third-order valence-electron chi connectivity index (χ3n) is 5.60. The summed E-state index contributed by atoms with van der Waals surface area (Å²) >= 11 is 0. The molecule has 0 atom stereocenters. The van der Waals surface area contributed by atoms with E-state index >= 15 is 0 Å². The largest absolute Gasteiger partial charge is 0.373 e. The van der Waals surface area contributed by atoms with Gasteiger partial charge in [-0.2, -0.15) is 5.26 Å². The fourth-order valence-corrected chi connectivity index (χ4v) is 3.92. The van der Waals surface area contributed by atoms with Gasteiger partial charge in [0.15, 0.2) is 5.69 Å². The van der Waals surface area contributed by atoms with Gasteiger partial charge in [-0.1, -0.05) is 0 Å². The van der Waals surface area contributed by atoms with Crippen LogP contribution in [0.5, 0.6) is 0 Å². The van der Waals surface area contributed by atoms with Crippen LogP contribution in [0.1, 0.15) is 49.1 Å². The highest BCUT2D eigenvalue weighted by Crippen LogP contribution is 2.44. The highest BCUT2D eigenvalue weighted by molar-refractivity contribution is 5.78. The monoisotopic (exact) mass is 323 g/mol. The molecular weight excluding hydrogens is 302 g/mol. The van der Waals surface area contributed by atoms with Gasteiger partial charge in [0, 0.05) is 16.8 Å². The summed E-state index contributed by atoms with van der Waals surface area (Å²) in [7, 11) is 0. The van der Waals surface area contributed by atoms with Crippen LogP contribution in [0.4, 0.5) is 0 Å². The van der Waals surface area contributed by atoms with Crippen LogP contribution in [0, 0.1) is 18.3 Å². The number of nitrogens with two attached hydrogens (primary N) is 1. The first-order valence-corrected chi connectivity index (χ1v) is 8.49. The summed E-state index contributed by atoms with van der Waals surface area (Å²) in [5.41, 5.74) is 9.78. The second-order valence-corrected chi connectivity index (χ2v) is 7.29. The van der Waals surface area contributed by atoms with Crippen molar-refractivity contribution in [2.45, 2.75) is 56.6 Å². The fraction of sp³-hybridized carbons (Fsp3) is 0.556. The molecule has 2 bridgehead atoms. The van der Waals surface area contributed by atoms with Crippen molar-refractivity contribution in [1.29, 1.82) is 5.26 Å². The number of nitriles is 1. The van der Waals surface area contributed by atoms with E-state index in [1.807, 2.05) is 19.1 Å². The van der Waals surface area contributed by atoms with E-state index in [0.717, 1.165) is 60.8 Å². The molecule has 2 aromatic heterocycles. The van der Waals surface area contributed by atoms with Gasteiger partial charge in [0.1, 0.15) is 11.6 Å². The maximum Gasteiger partial charge on any atom is 0.168 e. The molecule has 3 aliphatic rings. The average Bonchev–Trinajstić information content (AvgIpc) is 2.61. The van der Waals surface area contributed by atoms with Gasteiger partial charge in [-0.25, -0.2) is 0 Å². The van der Waals surface area contributed by atoms with Crippen molar-refractivity contribution in [3.05, 3.63) is 29.1 Å². The average molecular weight is 323 g/mol. The Morgan fingerprint density at radius 1 is 1.25 bits per heavy atom. The Bertz CT molecular complexity index is 817. The van der Waals surface area contributed by atoms with Crippen LogP contribution in [-0.4, -0.2) is 32.9 Å². The van der Waals surface area contributed by atoms with Crippen molar-refractivity contribution in [3.63, 3.8) is 0 Å². The molecule has 0 radical (unpaired) electrons. The number of hydrogen-bond donors (Lipinski definition) is 1. The van der Waals surface area contributed by atoms with Crippen molar-refractivity contribution in [1.82, 2.24) is 15.2 Å². The zero-order chi connectivity index (χ0) is 16.8. The molecule has 5 rings (SSSR count). The Labute approximate surface area is 141 Å². The van der Waals surface area contributed by atoms with E-state index < -0.39 is 0 Å². The zero-order valence-electron chi connectivity index (χ0n) is 13.9. The molecule has 2 saturated heterocycles. The molecule has 0 aromatic carbocycles. The molecule has 2 aromatic rings. The molecule has 6 nitrogen and oxygen atoms in total. The van der Waals surface area contributed by atoms with Crippen LogP contribution in [0.2, 0.25) is 0 Å². The number of aromatic nitrogens is 3. The molecule has 6 heteroatoms. The molecule has 1 saturated carbocycles. The SMILES string of the molecule is Cc1ccc2nnc(C#N)c(CCC34CCC(N)(CC3)CO4)c2n1. The first kappa shape index (κ1) is 15.4. The van der Waals surface area contributed by atoms with E-state index in [2.05, 4.69) is 21.3 Å². The predicted octanol–water partition coefficient (Wildman–Crippen LogP) is 2.18. The molecule has 3 fully saturated rings. The number of pyridine rings is 1. The number of nitrogens with zero attached hydrogens (tertiary/aromatic N) is 4. The maximum absolute atomic E-state index is 9.42. The highest BCUT2D eigenvalue weighted by Gasteiger charge is 2.47. The van der Waals surface area contributed by atoms with Crippen molar-refractivity contribution in [2.75, 3.05) is 6.61 Å². The summed E-state index contributed by atoms with van der Waals surface area (Å²) < 4.78 is 6.13. The minimum Gasteiger partial charge on any atom is -0.373 e. The minimum atomic E-state index is -0.122. The molecule has 24 heavy (non-hydrogen) atoms. The van der Waals surface area contributed by atoms with Crippen molar-refractivity contribution in [2.24, 2.45) is 5.73 Å². The molecule has 0 amide bonds. The second kappa shape index (κ2) is 5.47. The zero-order valence-corrected chi connectivity index (χ0v) is 13.9. The number of rotatable bonds is 3. The topological polar surface area (TPSA) is 97.7 Å². The summed E-state index contributed by atoms with van der Waals surface area (Å²) in [6, 6.07) is 5.99. The van der Waals surface area contributed by atoms with Gasteiger partial charge in [-0.05, 0) is 57.6 Å². The molecular formula is C18H21N5O. The molecule has 1 aliphatic carbocycles. The van der Waals surface area contributed by atoms with Crippen molar-refractivity contribution in [3.8, 4) is 6.07 Å². The van der Waals surface area contributed by atoms with Crippen LogP contribution in [-0.2, 0) is 11.2 Å². The lowest BCUT2D eigenvalue weighted by Gasteiger charge is -2.51. The molecule has 2 N–H and O–H groups in total. The number of ether oxygens (including phenoxy) is 1. The maximum atomic E-state index is 9.42. The predicted molar refractivity (Wildman–Crippen MR) is 89.2 cm³/mol. The lowest BCUT2D eigenvalue weighted by atomic mass is 9.70. The van der Waals surface area contributed by atoms with Gasteiger partial charge in [-0.15, -0.1) is 10.2 Å². The second-order valence-electron chi connectivity index (χ2n) is 7.29. The standard InChI is InChI=1S/C18H21N5O/c1-12-2-3-14-16(21-12)13(15(10-19)23-22-14)4-5-18-8-6-17(20,7-9-18)11-24-18/h2-3H,4-9,11,20H2,1H3. The Morgan fingerprint density at radius 2 is 2.04 bits per heavy atom. The van der Waals surface area contributed by atoms with Gasteiger partial charge >= 0.3 is 0 Å². The van der Waals surface area contributed by atoms with Crippen LogP contribution in [0.15, 0.2) is 12.1 Å². The Kier molecular flexibility index (Phi) is 3.52. The van der Waals surface area contributed by atoms with Crippen LogP contribution in [0.3, 0.4) is 0 Å². The van der Waals surface area contributed by atoms with Gasteiger partial charge in [-0.3, -0.25) is 4.98 Å². The molecule has 0 spiro atoms. The highest BCUT2D eigenvalue weighted by atomic mass is 16.5. The quantitative estimate of drug-likeness (QED) is 0.929. The normalized spacial score (nSPS) is 28.9. The molecule has 2 aliphatic heterocycles. The van der Waals surface area contributed by atoms with Crippen molar-refractivity contribution < 1.29 is 4.74 Å². The van der Waals surface area contributed by atoms with E-state index in [9.17, 15) is 5.26 Å². The third kappa shape index (κ3) is 2.54. The molecule has 4 heterocycles. The number of fused-ring (bicyclic) bond motifs is 4. The van der Waals surface area contributed by atoms with Gasteiger partial charge < -0.3 is 10.5 Å². The van der Waals surface area contributed by atoms with Crippen molar-refractivity contribution >= 4 is 11.0 Å². The van der Waals surface area contributed by atoms with E-state index in [-0.39, 0.29) is 11.1 Å². The van der Waals surface area contributed by atoms with Crippen LogP contribution in [0.25, 0.3) is 11.0 Å². The Morgan fingerprint density at radius 3 is 2.71 bits per heavy atom. The summed E-state index contributed by atoms with van der Waals surface area (Å²) in [4.78, 5) is 4.60. The van der Waals surface area contributed by atoms with E-state index in [4.69, 9.17) is 10.5 Å².